The van der Waals surface area contributed by atoms with Crippen LogP contribution in [0.4, 0.5) is 4.39 Å². The van der Waals surface area contributed by atoms with Crippen LogP contribution in [0.3, 0.4) is 0 Å². The number of aromatic nitrogens is 1. The maximum absolute atomic E-state index is 13.1. The molecule has 0 bridgehead atoms. The standard InChI is InChI=1S/C15H19FN2O2/c16-12-2-3-13-14(10-12)17-20-15(13)11-4-7-18(8-5-11)6-1-9-19/h2-3,10-11,19H,1,4-9H2. The molecule has 20 heavy (non-hydrogen) atoms. The SMILES string of the molecule is OCCCN1CCC(c2onc3cc(F)ccc23)CC1. The lowest BCUT2D eigenvalue weighted by Crippen LogP contribution is -2.33. The number of nitrogens with zero attached hydrogens (tertiary/aromatic N) is 2. The van der Waals surface area contributed by atoms with E-state index in [0.717, 1.165) is 50.0 Å². The van der Waals surface area contributed by atoms with Crippen molar-refractivity contribution in [1.82, 2.24) is 10.1 Å². The van der Waals surface area contributed by atoms with Crippen molar-refractivity contribution in [1.29, 1.82) is 0 Å². The predicted molar refractivity (Wildman–Crippen MR) is 74.1 cm³/mol. The minimum atomic E-state index is -0.281. The average Bonchev–Trinajstić information content (AvgIpc) is 2.88. The second kappa shape index (κ2) is 5.89. The van der Waals surface area contributed by atoms with Crippen LogP contribution < -0.4 is 0 Å². The molecule has 1 fully saturated rings. The third-order valence-corrected chi connectivity index (χ3v) is 4.06. The van der Waals surface area contributed by atoms with Gasteiger partial charge in [-0.3, -0.25) is 0 Å². The van der Waals surface area contributed by atoms with Gasteiger partial charge in [0, 0.05) is 30.5 Å². The molecule has 1 N–H and O–H groups in total. The maximum Gasteiger partial charge on any atom is 0.147 e. The molecular weight excluding hydrogens is 259 g/mol. The molecule has 0 spiro atoms. The summed E-state index contributed by atoms with van der Waals surface area (Å²) in [6.07, 6.45) is 2.87. The number of benzene rings is 1. The normalized spacial score (nSPS) is 17.9. The van der Waals surface area contributed by atoms with Crippen LogP contribution in [-0.2, 0) is 0 Å². The van der Waals surface area contributed by atoms with E-state index in [2.05, 4.69) is 10.1 Å². The molecule has 2 heterocycles. The first-order chi connectivity index (χ1) is 9.78. The fourth-order valence-corrected chi connectivity index (χ4v) is 2.94. The molecule has 5 heteroatoms. The Labute approximate surface area is 117 Å². The highest BCUT2D eigenvalue weighted by atomic mass is 19.1. The molecule has 1 aromatic heterocycles. The summed E-state index contributed by atoms with van der Waals surface area (Å²) >= 11 is 0. The molecule has 1 aromatic carbocycles. The first kappa shape index (κ1) is 13.5. The van der Waals surface area contributed by atoms with Gasteiger partial charge in [0.25, 0.3) is 0 Å². The van der Waals surface area contributed by atoms with E-state index in [1.165, 1.54) is 12.1 Å². The van der Waals surface area contributed by atoms with Crippen LogP contribution >= 0.6 is 0 Å². The zero-order chi connectivity index (χ0) is 13.9. The number of hydrogen-bond acceptors (Lipinski definition) is 4. The van der Waals surface area contributed by atoms with Crippen molar-refractivity contribution < 1.29 is 14.0 Å². The van der Waals surface area contributed by atoms with Crippen molar-refractivity contribution in [2.75, 3.05) is 26.2 Å². The fraction of sp³-hybridized carbons (Fsp3) is 0.533. The quantitative estimate of drug-likeness (QED) is 0.933. The number of halogens is 1. The van der Waals surface area contributed by atoms with Crippen molar-refractivity contribution in [3.63, 3.8) is 0 Å². The van der Waals surface area contributed by atoms with Gasteiger partial charge >= 0.3 is 0 Å². The van der Waals surface area contributed by atoms with E-state index in [9.17, 15) is 4.39 Å². The summed E-state index contributed by atoms with van der Waals surface area (Å²) < 4.78 is 18.6. The summed E-state index contributed by atoms with van der Waals surface area (Å²) in [4.78, 5) is 2.37. The van der Waals surface area contributed by atoms with Crippen LogP contribution in [-0.4, -0.2) is 41.4 Å². The number of fused-ring (bicyclic) bond motifs is 1. The van der Waals surface area contributed by atoms with Crippen molar-refractivity contribution in [3.05, 3.63) is 29.8 Å². The van der Waals surface area contributed by atoms with E-state index in [1.54, 1.807) is 6.07 Å². The third-order valence-electron chi connectivity index (χ3n) is 4.06. The zero-order valence-electron chi connectivity index (χ0n) is 11.4. The number of aliphatic hydroxyl groups excluding tert-OH is 1. The molecule has 0 atom stereocenters. The van der Waals surface area contributed by atoms with Crippen LogP contribution in [0, 0.1) is 5.82 Å². The summed E-state index contributed by atoms with van der Waals surface area (Å²) in [7, 11) is 0. The van der Waals surface area contributed by atoms with E-state index in [1.807, 2.05) is 0 Å². The summed E-state index contributed by atoms with van der Waals surface area (Å²) in [6.45, 7) is 3.21. The number of rotatable bonds is 4. The molecule has 0 amide bonds. The Kier molecular flexibility index (Phi) is 3.98. The largest absolute Gasteiger partial charge is 0.396 e. The molecule has 1 aliphatic rings. The van der Waals surface area contributed by atoms with E-state index in [-0.39, 0.29) is 12.4 Å². The highest BCUT2D eigenvalue weighted by Gasteiger charge is 2.25. The van der Waals surface area contributed by atoms with Crippen LogP contribution in [0.5, 0.6) is 0 Å². The van der Waals surface area contributed by atoms with Gasteiger partial charge in [0.1, 0.15) is 17.1 Å². The van der Waals surface area contributed by atoms with Crippen molar-refractivity contribution in [2.24, 2.45) is 0 Å². The smallest absolute Gasteiger partial charge is 0.147 e. The lowest BCUT2D eigenvalue weighted by atomic mass is 9.92. The highest BCUT2D eigenvalue weighted by Crippen LogP contribution is 2.33. The Morgan fingerprint density at radius 3 is 2.90 bits per heavy atom. The number of hydrogen-bond donors (Lipinski definition) is 1. The first-order valence-electron chi connectivity index (χ1n) is 7.16. The number of aliphatic hydroxyl groups is 1. The Morgan fingerprint density at radius 2 is 2.15 bits per heavy atom. The first-order valence-corrected chi connectivity index (χ1v) is 7.16. The molecule has 4 nitrogen and oxygen atoms in total. The van der Waals surface area contributed by atoms with Crippen molar-refractivity contribution in [3.8, 4) is 0 Å². The molecule has 1 aliphatic heterocycles. The van der Waals surface area contributed by atoms with Gasteiger partial charge in [0.2, 0.25) is 0 Å². The Morgan fingerprint density at radius 1 is 1.35 bits per heavy atom. The van der Waals surface area contributed by atoms with Crippen LogP contribution in [0.25, 0.3) is 10.9 Å². The molecule has 2 aromatic rings. The molecule has 0 aliphatic carbocycles. The average molecular weight is 278 g/mol. The van der Waals surface area contributed by atoms with Gasteiger partial charge < -0.3 is 14.5 Å². The van der Waals surface area contributed by atoms with Gasteiger partial charge in [-0.15, -0.1) is 0 Å². The fourth-order valence-electron chi connectivity index (χ4n) is 2.94. The molecular formula is C15H19FN2O2. The molecule has 0 unspecified atom stereocenters. The van der Waals surface area contributed by atoms with Gasteiger partial charge in [-0.1, -0.05) is 5.16 Å². The third kappa shape index (κ3) is 2.69. The van der Waals surface area contributed by atoms with E-state index >= 15 is 0 Å². The van der Waals surface area contributed by atoms with E-state index < -0.39 is 0 Å². The van der Waals surface area contributed by atoms with Gasteiger partial charge in [-0.2, -0.15) is 0 Å². The number of likely N-dealkylation sites (tertiary alicyclic amines) is 1. The summed E-state index contributed by atoms with van der Waals surface area (Å²) in [5.74, 6) is 0.966. The minimum absolute atomic E-state index is 0.248. The van der Waals surface area contributed by atoms with Crippen molar-refractivity contribution in [2.45, 2.75) is 25.2 Å². The van der Waals surface area contributed by atoms with E-state index in [0.29, 0.717) is 11.4 Å². The lowest BCUT2D eigenvalue weighted by Gasteiger charge is -2.30. The van der Waals surface area contributed by atoms with Crippen LogP contribution in [0.2, 0.25) is 0 Å². The Bertz CT molecular complexity index is 576. The van der Waals surface area contributed by atoms with Gasteiger partial charge in [0.05, 0.1) is 0 Å². The molecule has 108 valence electrons. The second-order valence-electron chi connectivity index (χ2n) is 5.40. The molecule has 3 rings (SSSR count). The van der Waals surface area contributed by atoms with E-state index in [4.69, 9.17) is 9.63 Å². The highest BCUT2D eigenvalue weighted by molar-refractivity contribution is 5.80. The van der Waals surface area contributed by atoms with Crippen LogP contribution in [0.15, 0.2) is 22.7 Å². The topological polar surface area (TPSA) is 49.5 Å². The molecule has 1 saturated heterocycles. The summed E-state index contributed by atoms with van der Waals surface area (Å²) in [5, 5.41) is 13.8. The summed E-state index contributed by atoms with van der Waals surface area (Å²) in [6, 6.07) is 4.63. The van der Waals surface area contributed by atoms with Crippen LogP contribution in [0.1, 0.15) is 30.9 Å². The Balaban J connectivity index is 1.70. The van der Waals surface area contributed by atoms with Gasteiger partial charge in [0.15, 0.2) is 0 Å². The number of piperidine rings is 1. The predicted octanol–water partition coefficient (Wildman–Crippen LogP) is 2.53. The monoisotopic (exact) mass is 278 g/mol. The zero-order valence-corrected chi connectivity index (χ0v) is 11.4. The maximum atomic E-state index is 13.1. The minimum Gasteiger partial charge on any atom is -0.396 e. The lowest BCUT2D eigenvalue weighted by molar-refractivity contribution is 0.178. The van der Waals surface area contributed by atoms with Gasteiger partial charge in [-0.05, 0) is 44.5 Å². The van der Waals surface area contributed by atoms with Gasteiger partial charge in [-0.25, -0.2) is 4.39 Å². The molecule has 0 radical (unpaired) electrons. The second-order valence-corrected chi connectivity index (χ2v) is 5.40. The molecule has 0 saturated carbocycles. The van der Waals surface area contributed by atoms with Crippen molar-refractivity contribution >= 4 is 10.9 Å². The Hall–Kier alpha value is -1.46. The summed E-state index contributed by atoms with van der Waals surface area (Å²) in [5.41, 5.74) is 0.600.